The molecule has 2 aromatic heterocycles. The van der Waals surface area contributed by atoms with Crippen LogP contribution in [-0.2, 0) is 30.0 Å². The number of likely N-dealkylation sites (N-methyl/N-ethyl adjacent to an activating group) is 1. The SMILES string of the molecule is CNCCc1ccc(S(=O)(=O)NCc2cnn(C)c2C)s1. The molecule has 0 spiro atoms. The van der Waals surface area contributed by atoms with Crippen molar-refractivity contribution < 1.29 is 8.42 Å². The van der Waals surface area contributed by atoms with Crippen LogP contribution in [-0.4, -0.2) is 31.8 Å². The highest BCUT2D eigenvalue weighted by molar-refractivity contribution is 7.91. The maximum Gasteiger partial charge on any atom is 0.250 e. The molecule has 116 valence electrons. The third-order valence-electron chi connectivity index (χ3n) is 3.31. The zero-order valence-electron chi connectivity index (χ0n) is 12.4. The molecule has 0 bridgehead atoms. The monoisotopic (exact) mass is 328 g/mol. The topological polar surface area (TPSA) is 76.0 Å². The van der Waals surface area contributed by atoms with Crippen molar-refractivity contribution in [1.82, 2.24) is 19.8 Å². The molecule has 0 fully saturated rings. The molecular weight excluding hydrogens is 308 g/mol. The van der Waals surface area contributed by atoms with E-state index in [0.717, 1.165) is 29.1 Å². The van der Waals surface area contributed by atoms with Crippen molar-refractivity contribution >= 4 is 21.4 Å². The van der Waals surface area contributed by atoms with Crippen LogP contribution >= 0.6 is 11.3 Å². The Morgan fingerprint density at radius 1 is 1.38 bits per heavy atom. The van der Waals surface area contributed by atoms with Crippen molar-refractivity contribution in [1.29, 1.82) is 0 Å². The van der Waals surface area contributed by atoms with Gasteiger partial charge in [-0.2, -0.15) is 5.10 Å². The predicted molar refractivity (Wildman–Crippen MR) is 83.9 cm³/mol. The van der Waals surface area contributed by atoms with Crippen LogP contribution in [0.3, 0.4) is 0 Å². The van der Waals surface area contributed by atoms with Crippen LogP contribution in [0.1, 0.15) is 16.1 Å². The summed E-state index contributed by atoms with van der Waals surface area (Å²) in [6.45, 7) is 3.01. The third-order valence-corrected chi connectivity index (χ3v) is 6.35. The van der Waals surface area contributed by atoms with Gasteiger partial charge in [0.15, 0.2) is 0 Å². The maximum atomic E-state index is 12.3. The number of aryl methyl sites for hydroxylation is 1. The molecule has 2 rings (SSSR count). The fourth-order valence-electron chi connectivity index (χ4n) is 1.85. The van der Waals surface area contributed by atoms with Gasteiger partial charge in [-0.25, -0.2) is 13.1 Å². The summed E-state index contributed by atoms with van der Waals surface area (Å²) >= 11 is 1.31. The second-order valence-electron chi connectivity index (χ2n) is 4.78. The fourth-order valence-corrected chi connectivity index (χ4v) is 4.25. The van der Waals surface area contributed by atoms with E-state index in [1.807, 2.05) is 27.1 Å². The Labute approximate surface area is 129 Å². The number of hydrogen-bond donors (Lipinski definition) is 2. The summed E-state index contributed by atoms with van der Waals surface area (Å²) < 4.78 is 29.2. The summed E-state index contributed by atoms with van der Waals surface area (Å²) in [5.74, 6) is 0. The Balaban J connectivity index is 2.04. The molecule has 8 heteroatoms. The molecule has 2 heterocycles. The molecule has 0 aromatic carbocycles. The molecule has 0 aliphatic heterocycles. The second kappa shape index (κ2) is 6.69. The third kappa shape index (κ3) is 3.91. The number of nitrogens with one attached hydrogen (secondary N) is 2. The molecule has 0 amide bonds. The normalized spacial score (nSPS) is 12.0. The lowest BCUT2D eigenvalue weighted by Gasteiger charge is -2.04. The van der Waals surface area contributed by atoms with Gasteiger partial charge in [0.05, 0.1) is 6.20 Å². The summed E-state index contributed by atoms with van der Waals surface area (Å²) in [6.07, 6.45) is 2.52. The van der Waals surface area contributed by atoms with Crippen molar-refractivity contribution in [3.63, 3.8) is 0 Å². The van der Waals surface area contributed by atoms with Crippen LogP contribution in [0.4, 0.5) is 0 Å². The standard InChI is InChI=1S/C13H20N4O2S2/c1-10-11(8-15-17(10)3)9-16-21(18,19)13-5-4-12(20-13)6-7-14-2/h4-5,8,14,16H,6-7,9H2,1-3H3. The highest BCUT2D eigenvalue weighted by atomic mass is 32.2. The van der Waals surface area contributed by atoms with E-state index in [1.54, 1.807) is 16.9 Å². The van der Waals surface area contributed by atoms with E-state index in [0.29, 0.717) is 4.21 Å². The molecular formula is C13H20N4O2S2. The lowest BCUT2D eigenvalue weighted by molar-refractivity contribution is 0.583. The first-order valence-electron chi connectivity index (χ1n) is 6.64. The van der Waals surface area contributed by atoms with E-state index >= 15 is 0 Å². The van der Waals surface area contributed by atoms with Crippen LogP contribution in [0.2, 0.25) is 0 Å². The first kappa shape index (κ1) is 16.2. The minimum absolute atomic E-state index is 0.256. The van der Waals surface area contributed by atoms with Crippen LogP contribution in [0.25, 0.3) is 0 Å². The Morgan fingerprint density at radius 3 is 2.76 bits per heavy atom. The minimum atomic E-state index is -3.46. The number of sulfonamides is 1. The van der Waals surface area contributed by atoms with Gasteiger partial charge in [0.25, 0.3) is 0 Å². The van der Waals surface area contributed by atoms with Crippen LogP contribution < -0.4 is 10.0 Å². The van der Waals surface area contributed by atoms with Gasteiger partial charge in [0.1, 0.15) is 4.21 Å². The fraction of sp³-hybridized carbons (Fsp3) is 0.462. The zero-order valence-corrected chi connectivity index (χ0v) is 14.0. The molecule has 0 saturated carbocycles. The lowest BCUT2D eigenvalue weighted by atomic mass is 10.3. The van der Waals surface area contributed by atoms with Gasteiger partial charge in [-0.1, -0.05) is 0 Å². The second-order valence-corrected chi connectivity index (χ2v) is 7.94. The summed E-state index contributed by atoms with van der Waals surface area (Å²) in [7, 11) is 0.253. The van der Waals surface area contributed by atoms with Gasteiger partial charge in [-0.05, 0) is 39.1 Å². The lowest BCUT2D eigenvalue weighted by Crippen LogP contribution is -2.22. The molecule has 6 nitrogen and oxygen atoms in total. The molecule has 0 radical (unpaired) electrons. The number of nitrogens with zero attached hydrogens (tertiary/aromatic N) is 2. The van der Waals surface area contributed by atoms with E-state index in [-0.39, 0.29) is 6.54 Å². The van der Waals surface area contributed by atoms with Crippen molar-refractivity contribution in [2.45, 2.75) is 24.1 Å². The van der Waals surface area contributed by atoms with Gasteiger partial charge in [0, 0.05) is 29.7 Å². The zero-order chi connectivity index (χ0) is 15.5. The van der Waals surface area contributed by atoms with Gasteiger partial charge < -0.3 is 5.32 Å². The van der Waals surface area contributed by atoms with Gasteiger partial charge in [-0.15, -0.1) is 11.3 Å². The van der Waals surface area contributed by atoms with E-state index in [1.165, 1.54) is 11.3 Å². The Bertz CT molecular complexity index is 704. The van der Waals surface area contributed by atoms with Crippen LogP contribution in [0.15, 0.2) is 22.5 Å². The Morgan fingerprint density at radius 2 is 2.14 bits per heavy atom. The molecule has 2 N–H and O–H groups in total. The Hall–Kier alpha value is -1.22. The summed E-state index contributed by atoms with van der Waals surface area (Å²) in [6, 6.07) is 3.53. The highest BCUT2D eigenvalue weighted by Crippen LogP contribution is 2.22. The number of thiophene rings is 1. The van der Waals surface area contributed by atoms with Crippen molar-refractivity contribution in [2.75, 3.05) is 13.6 Å². The van der Waals surface area contributed by atoms with Crippen LogP contribution in [0.5, 0.6) is 0 Å². The predicted octanol–water partition coefficient (Wildman–Crippen LogP) is 1.03. The average molecular weight is 328 g/mol. The summed E-state index contributed by atoms with van der Waals surface area (Å²) in [5, 5.41) is 7.16. The maximum absolute atomic E-state index is 12.3. The average Bonchev–Trinajstić information content (AvgIpc) is 3.04. The smallest absolute Gasteiger partial charge is 0.250 e. The van der Waals surface area contributed by atoms with E-state index in [4.69, 9.17) is 0 Å². The van der Waals surface area contributed by atoms with E-state index < -0.39 is 10.0 Å². The van der Waals surface area contributed by atoms with Crippen molar-refractivity contribution in [2.24, 2.45) is 7.05 Å². The summed E-state index contributed by atoms with van der Waals surface area (Å²) in [5.41, 5.74) is 1.84. The number of rotatable bonds is 7. The molecule has 0 saturated heterocycles. The van der Waals surface area contributed by atoms with Gasteiger partial charge in [0.2, 0.25) is 10.0 Å². The molecule has 0 aliphatic carbocycles. The minimum Gasteiger partial charge on any atom is -0.319 e. The van der Waals surface area contributed by atoms with Crippen molar-refractivity contribution in [3.05, 3.63) is 34.5 Å². The van der Waals surface area contributed by atoms with Crippen LogP contribution in [0, 0.1) is 6.92 Å². The molecule has 0 aliphatic rings. The molecule has 21 heavy (non-hydrogen) atoms. The highest BCUT2D eigenvalue weighted by Gasteiger charge is 2.17. The first-order valence-corrected chi connectivity index (χ1v) is 8.94. The van der Waals surface area contributed by atoms with Crippen molar-refractivity contribution in [3.8, 4) is 0 Å². The quantitative estimate of drug-likeness (QED) is 0.796. The number of hydrogen-bond acceptors (Lipinski definition) is 5. The number of aromatic nitrogens is 2. The van der Waals surface area contributed by atoms with E-state index in [9.17, 15) is 8.42 Å². The van der Waals surface area contributed by atoms with E-state index in [2.05, 4.69) is 15.1 Å². The summed E-state index contributed by atoms with van der Waals surface area (Å²) in [4.78, 5) is 1.06. The molecule has 2 aromatic rings. The largest absolute Gasteiger partial charge is 0.319 e. The molecule has 0 atom stereocenters. The van der Waals surface area contributed by atoms with Gasteiger partial charge >= 0.3 is 0 Å². The van der Waals surface area contributed by atoms with Gasteiger partial charge in [-0.3, -0.25) is 4.68 Å². The molecule has 0 unspecified atom stereocenters. The Kier molecular flexibility index (Phi) is 5.15. The first-order chi connectivity index (χ1) is 9.94.